The van der Waals surface area contributed by atoms with Crippen LogP contribution in [0.3, 0.4) is 0 Å². The van der Waals surface area contributed by atoms with Crippen molar-refractivity contribution >= 4 is 93.9 Å². The van der Waals surface area contributed by atoms with Crippen molar-refractivity contribution in [3.05, 3.63) is 132 Å². The fraction of sp³-hybridized carbons (Fsp3) is 0. The molecule has 2 atom stereocenters. The molecule has 0 amide bonds. The molecule has 0 saturated carbocycles. The molecule has 4 aromatic carbocycles. The molecule has 1 radical (unpaired) electrons. The summed E-state index contributed by atoms with van der Waals surface area (Å²) in [4.78, 5) is 0.0300. The average Bonchev–Trinajstić information content (AvgIpc) is 3.81. The van der Waals surface area contributed by atoms with Crippen molar-refractivity contribution in [2.24, 2.45) is 0 Å². The van der Waals surface area contributed by atoms with E-state index in [0.717, 1.165) is 39.0 Å². The van der Waals surface area contributed by atoms with Crippen LogP contribution in [0.25, 0.3) is 0 Å². The van der Waals surface area contributed by atoms with Gasteiger partial charge in [0.15, 0.2) is 0 Å². The fourth-order valence-electron chi connectivity index (χ4n) is 4.66. The van der Waals surface area contributed by atoms with Crippen molar-refractivity contribution < 1.29 is 43.7 Å². The Labute approximate surface area is 307 Å². The van der Waals surface area contributed by atoms with Crippen LogP contribution in [0.15, 0.2) is 152 Å². The predicted molar refractivity (Wildman–Crippen MR) is 194 cm³/mol. The zero-order chi connectivity index (χ0) is 36.2. The molecule has 0 aliphatic carbocycles. The average molecular weight is 798 g/mol. The number of rotatable bonds is 14. The van der Waals surface area contributed by atoms with E-state index in [-0.39, 0.29) is 52.5 Å². The molecule has 261 valence electrons. The van der Waals surface area contributed by atoms with Gasteiger partial charge in [0.25, 0.3) is 0 Å². The Bertz CT molecular complexity index is 2260. The van der Waals surface area contributed by atoms with Gasteiger partial charge in [-0.05, 0) is 60.7 Å². The smallest absolute Gasteiger partial charge is 0.658 e. The molecule has 2 unspecified atom stereocenters. The number of hydrogen-bond acceptors (Lipinski definition) is 12. The maximum absolute atomic E-state index is 13.1. The van der Waals surface area contributed by atoms with E-state index < -0.39 is 42.2 Å². The van der Waals surface area contributed by atoms with Gasteiger partial charge in [-0.15, -0.1) is 22.7 Å². The standard InChI is InChI=1S/C32H24BN2O10S6/c36-48(37)34(31-19-29(21-46-31)50(40,41)27-13-3-1-4-14-27)23-9-7-11-25(17-23)44-33-45-26-12-8-10-24(18-26)35(49(38)39)32-20-30(22-47-32)51(42,43)28-15-5-2-6-16-28/h1-22H,(H,36,37)(H,38,39)/p-2. The van der Waals surface area contributed by atoms with Crippen LogP contribution in [0.1, 0.15) is 0 Å². The van der Waals surface area contributed by atoms with E-state index in [1.807, 2.05) is 0 Å². The lowest BCUT2D eigenvalue weighted by atomic mass is 10.2. The minimum absolute atomic E-state index is 0.0587. The highest BCUT2D eigenvalue weighted by Crippen LogP contribution is 2.38. The predicted octanol–water partition coefficient (Wildman–Crippen LogP) is 6.33. The van der Waals surface area contributed by atoms with Crippen LogP contribution in [0.2, 0.25) is 0 Å². The zero-order valence-electron chi connectivity index (χ0n) is 25.7. The molecule has 0 aliphatic rings. The Morgan fingerprint density at radius 1 is 0.529 bits per heavy atom. The molecular formula is C32H22BN2O10S6-2. The second-order valence-electron chi connectivity index (χ2n) is 10.2. The lowest BCUT2D eigenvalue weighted by Crippen LogP contribution is -2.19. The van der Waals surface area contributed by atoms with E-state index >= 15 is 0 Å². The minimum Gasteiger partial charge on any atom is -0.755 e. The van der Waals surface area contributed by atoms with E-state index in [0.29, 0.717) is 0 Å². The number of sulfone groups is 2. The van der Waals surface area contributed by atoms with Crippen LogP contribution in [0, 0.1) is 0 Å². The van der Waals surface area contributed by atoms with E-state index in [2.05, 4.69) is 0 Å². The first kappa shape index (κ1) is 36.5. The van der Waals surface area contributed by atoms with Gasteiger partial charge in [0.05, 0.1) is 53.5 Å². The molecule has 0 N–H and O–H groups in total. The normalized spacial score (nSPS) is 12.8. The molecule has 6 aromatic rings. The maximum Gasteiger partial charge on any atom is 0.658 e. The van der Waals surface area contributed by atoms with Gasteiger partial charge in [-0.3, -0.25) is 17.0 Å². The molecule has 0 aliphatic heterocycles. The summed E-state index contributed by atoms with van der Waals surface area (Å²) in [5.74, 6) is 0.335. The van der Waals surface area contributed by atoms with Gasteiger partial charge in [0.1, 0.15) is 21.5 Å². The van der Waals surface area contributed by atoms with E-state index in [1.165, 1.54) is 95.7 Å². The summed E-state index contributed by atoms with van der Waals surface area (Å²) in [6.45, 7) is 0. The molecule has 2 aromatic heterocycles. The first-order chi connectivity index (χ1) is 24.4. The van der Waals surface area contributed by atoms with Crippen LogP contribution in [-0.4, -0.2) is 42.0 Å². The van der Waals surface area contributed by atoms with Crippen LogP contribution >= 0.6 is 22.7 Å². The second kappa shape index (κ2) is 15.5. The summed E-state index contributed by atoms with van der Waals surface area (Å²) in [5.41, 5.74) is 0.305. The van der Waals surface area contributed by atoms with Crippen LogP contribution in [-0.2, 0) is 42.2 Å². The second-order valence-corrected chi connectivity index (χ2v) is 17.5. The van der Waals surface area contributed by atoms with E-state index in [4.69, 9.17) is 9.31 Å². The van der Waals surface area contributed by atoms with Crippen molar-refractivity contribution in [2.45, 2.75) is 19.6 Å². The van der Waals surface area contributed by atoms with E-state index in [1.54, 1.807) is 36.4 Å². The van der Waals surface area contributed by atoms with Gasteiger partial charge < -0.3 is 18.4 Å². The van der Waals surface area contributed by atoms with Crippen molar-refractivity contribution in [3.63, 3.8) is 0 Å². The number of benzene rings is 4. The molecule has 0 spiro atoms. The first-order valence-corrected chi connectivity index (χ1v) is 21.2. The first-order valence-electron chi connectivity index (χ1n) is 14.4. The molecule has 0 saturated heterocycles. The zero-order valence-corrected chi connectivity index (χ0v) is 30.6. The van der Waals surface area contributed by atoms with Crippen LogP contribution in [0.5, 0.6) is 11.5 Å². The summed E-state index contributed by atoms with van der Waals surface area (Å²) >= 11 is -3.80. The van der Waals surface area contributed by atoms with Crippen LogP contribution < -0.4 is 17.9 Å². The Morgan fingerprint density at radius 3 is 1.29 bits per heavy atom. The molecule has 0 fully saturated rings. The van der Waals surface area contributed by atoms with Crippen molar-refractivity contribution in [1.29, 1.82) is 0 Å². The third-order valence-corrected chi connectivity index (χ3v) is 14.3. The Balaban J connectivity index is 1.15. The number of anilines is 4. The van der Waals surface area contributed by atoms with Crippen molar-refractivity contribution in [3.8, 4) is 11.5 Å². The number of thiophene rings is 2. The van der Waals surface area contributed by atoms with Gasteiger partial charge in [-0.25, -0.2) is 16.8 Å². The molecule has 12 nitrogen and oxygen atoms in total. The summed E-state index contributed by atoms with van der Waals surface area (Å²) < 4.78 is 115. The molecular weight excluding hydrogens is 776 g/mol. The quantitative estimate of drug-likeness (QED) is 0.0895. The number of hydrogen-bond donors (Lipinski definition) is 0. The fourth-order valence-corrected chi connectivity index (χ4v) is 11.2. The highest BCUT2D eigenvalue weighted by atomic mass is 32.2. The Hall–Kier alpha value is -4.34. The van der Waals surface area contributed by atoms with Gasteiger partial charge in [0.2, 0.25) is 19.7 Å². The lowest BCUT2D eigenvalue weighted by molar-refractivity contribution is 0.459. The van der Waals surface area contributed by atoms with Gasteiger partial charge in [0, 0.05) is 22.9 Å². The SMILES string of the molecule is O=S([O-])N(c1cccc(O[B]Oc2cccc(N(c3cc(S(=O)(=O)c4ccccc4)cs3)S(=O)[O-])c2)c1)c1cc(S(=O)(=O)c2ccccc2)cs1. The highest BCUT2D eigenvalue weighted by Gasteiger charge is 2.24. The third kappa shape index (κ3) is 8.10. The highest BCUT2D eigenvalue weighted by molar-refractivity contribution is 7.92. The molecule has 2 heterocycles. The monoisotopic (exact) mass is 797 g/mol. The number of nitrogens with zero attached hydrogens (tertiary/aromatic N) is 2. The minimum atomic E-state index is -3.88. The molecule has 6 rings (SSSR count). The Kier molecular flexibility index (Phi) is 11.1. The summed E-state index contributed by atoms with van der Waals surface area (Å²) in [6, 6.07) is 30.0. The van der Waals surface area contributed by atoms with E-state index in [9.17, 15) is 34.4 Å². The topological polar surface area (TPSA) is 173 Å². The molecule has 0 bridgehead atoms. The molecule has 19 heteroatoms. The van der Waals surface area contributed by atoms with Crippen molar-refractivity contribution in [2.75, 3.05) is 8.61 Å². The van der Waals surface area contributed by atoms with Crippen LogP contribution in [0.4, 0.5) is 21.4 Å². The summed E-state index contributed by atoms with van der Waals surface area (Å²) in [6.07, 6.45) is 0. The summed E-state index contributed by atoms with van der Waals surface area (Å²) in [7, 11) is -6.79. The maximum atomic E-state index is 13.1. The van der Waals surface area contributed by atoms with Gasteiger partial charge in [-0.1, -0.05) is 48.5 Å². The van der Waals surface area contributed by atoms with Gasteiger partial charge in [-0.2, -0.15) is 0 Å². The Morgan fingerprint density at radius 2 is 0.922 bits per heavy atom. The lowest BCUT2D eigenvalue weighted by Gasteiger charge is -2.25. The van der Waals surface area contributed by atoms with Gasteiger partial charge >= 0.3 is 7.69 Å². The largest absolute Gasteiger partial charge is 0.755 e. The van der Waals surface area contributed by atoms with Crippen molar-refractivity contribution in [1.82, 2.24) is 0 Å². The third-order valence-electron chi connectivity index (χ3n) is 7.02. The summed E-state index contributed by atoms with van der Waals surface area (Å²) in [5, 5.41) is 2.98. The molecule has 51 heavy (non-hydrogen) atoms.